The Morgan fingerprint density at radius 1 is 1.35 bits per heavy atom. The van der Waals surface area contributed by atoms with Gasteiger partial charge >= 0.3 is 8.40 Å². The zero-order chi connectivity index (χ0) is 17.1. The Labute approximate surface area is 135 Å². The molecule has 23 heavy (non-hydrogen) atoms. The lowest BCUT2D eigenvalue weighted by molar-refractivity contribution is -0.363. The van der Waals surface area contributed by atoms with E-state index in [0.717, 1.165) is 20.1 Å². The Bertz CT molecular complexity index is 837. The topological polar surface area (TPSA) is 48.1 Å². The fourth-order valence-corrected chi connectivity index (χ4v) is 3.89. The van der Waals surface area contributed by atoms with E-state index in [9.17, 15) is 9.90 Å². The van der Waals surface area contributed by atoms with Crippen molar-refractivity contribution in [2.75, 3.05) is 0 Å². The second-order valence-corrected chi connectivity index (χ2v) is 6.31. The molecule has 1 aromatic heterocycles. The van der Waals surface area contributed by atoms with E-state index in [1.807, 2.05) is 0 Å². The Balaban J connectivity index is 0.00000208. The Morgan fingerprint density at radius 2 is 2.00 bits per heavy atom. The summed E-state index contributed by atoms with van der Waals surface area (Å²) in [6, 6.07) is 1.72. The van der Waals surface area contributed by atoms with Crippen LogP contribution >= 0.6 is 0 Å². The molecule has 0 saturated carbocycles. The molecule has 4 nitrogen and oxygen atoms in total. The molecule has 1 aromatic rings. The smallest absolute Gasteiger partial charge is 0.550 e. The lowest BCUT2D eigenvalue weighted by Crippen LogP contribution is -2.51. The lowest BCUT2D eigenvalue weighted by atomic mass is 9.85. The minimum Gasteiger partial charge on any atom is -0.550 e. The van der Waals surface area contributed by atoms with Crippen LogP contribution in [0.5, 0.6) is 0 Å². The first kappa shape index (κ1) is 15.7. The lowest BCUT2D eigenvalue weighted by Gasteiger charge is -2.34. The number of carbonyl (C=O) groups excluding carboxylic acids is 1. The number of hydrogen-bond acceptors (Lipinski definition) is 2. The molecule has 0 unspecified atom stereocenters. The van der Waals surface area contributed by atoms with Crippen LogP contribution in [0, 0.1) is 13.8 Å². The van der Waals surface area contributed by atoms with E-state index >= 15 is 8.63 Å². The van der Waals surface area contributed by atoms with Crippen molar-refractivity contribution in [3.63, 3.8) is 0 Å². The van der Waals surface area contributed by atoms with Crippen LogP contribution < -0.4 is 5.11 Å². The van der Waals surface area contributed by atoms with Crippen molar-refractivity contribution in [1.82, 2.24) is 4.48 Å². The molecule has 3 rings (SSSR count). The van der Waals surface area contributed by atoms with Crippen molar-refractivity contribution in [2.45, 2.75) is 40.5 Å². The number of halogens is 2. The third-order valence-corrected chi connectivity index (χ3v) is 4.61. The normalized spacial score (nSPS) is 19.0. The summed E-state index contributed by atoms with van der Waals surface area (Å²) < 4.78 is 32.5. The van der Waals surface area contributed by atoms with Gasteiger partial charge < -0.3 is 27.5 Å². The molecular formula is C16H19BF2N2O2. The Morgan fingerprint density at radius 3 is 2.61 bits per heavy atom. The summed E-state index contributed by atoms with van der Waals surface area (Å²) in [6.45, 7) is 2.88. The summed E-state index contributed by atoms with van der Waals surface area (Å²) in [5.74, 6) is -1.18. The van der Waals surface area contributed by atoms with E-state index < -0.39 is 12.9 Å². The molecule has 2 aliphatic rings. The van der Waals surface area contributed by atoms with Crippen LogP contribution in [0.4, 0.5) is 8.63 Å². The van der Waals surface area contributed by atoms with Gasteiger partial charge in [-0.25, -0.2) is 0 Å². The minimum atomic E-state index is -3.99. The second kappa shape index (κ2) is 4.91. The standard InChI is InChI=1S/C16H19BF2N2O2/c1-9-7-11(3)20-15(9)13(5-6-14(22)23)16-10(2)8-12(4)21(16)17(20,18)19/h7-8H,5-6H2,1-4H3,(H,22,23). The SMILES string of the molecule is CC1=CC(C)=[N+]2C1=C(CCC(=O)[O-])c1c(C)cc(C)n1[B-]2(F)F.[H+]. The van der Waals surface area contributed by atoms with Crippen LogP contribution in [0.15, 0.2) is 23.4 Å². The number of aliphatic carboxylic acids is 1. The van der Waals surface area contributed by atoms with Crippen LogP contribution in [0.2, 0.25) is 0 Å². The van der Waals surface area contributed by atoms with Crippen LogP contribution in [-0.2, 0) is 4.79 Å². The minimum absolute atomic E-state index is 0. The Hall–Kier alpha value is -2.18. The number of carboxylic acid groups (broad SMARTS) is 1. The highest BCUT2D eigenvalue weighted by atomic mass is 19.2. The molecule has 0 saturated heterocycles. The van der Waals surface area contributed by atoms with E-state index in [1.54, 1.807) is 39.8 Å². The number of carbonyl (C=O) groups is 1. The van der Waals surface area contributed by atoms with Crippen molar-refractivity contribution in [3.05, 3.63) is 40.4 Å². The number of aromatic nitrogens is 1. The van der Waals surface area contributed by atoms with Gasteiger partial charge in [-0.15, -0.1) is 0 Å². The number of hydrogen-bond donors (Lipinski definition) is 0. The first-order valence-electron chi connectivity index (χ1n) is 7.62. The fraction of sp³-hybridized carbons (Fsp3) is 0.375. The van der Waals surface area contributed by atoms with Gasteiger partial charge in [-0.05, 0) is 50.9 Å². The molecule has 0 fully saturated rings. The maximum atomic E-state index is 15.2. The van der Waals surface area contributed by atoms with Crippen LogP contribution in [0.1, 0.15) is 45.1 Å². The van der Waals surface area contributed by atoms with E-state index in [4.69, 9.17) is 0 Å². The average molecular weight is 320 g/mol. The van der Waals surface area contributed by atoms with Gasteiger partial charge in [0, 0.05) is 35.8 Å². The summed E-state index contributed by atoms with van der Waals surface area (Å²) in [4.78, 5) is 10.9. The summed E-state index contributed by atoms with van der Waals surface area (Å²) in [6.07, 6.45) is 1.70. The predicted molar refractivity (Wildman–Crippen MR) is 84.2 cm³/mol. The van der Waals surface area contributed by atoms with Gasteiger partial charge in [0.2, 0.25) is 0 Å². The highest BCUT2D eigenvalue weighted by Gasteiger charge is 2.54. The molecular weight excluding hydrogens is 301 g/mol. The number of aryl methyl sites for hydroxylation is 2. The molecule has 122 valence electrons. The van der Waals surface area contributed by atoms with Gasteiger partial charge in [0.25, 0.3) is 0 Å². The van der Waals surface area contributed by atoms with Crippen molar-refractivity contribution < 1.29 is 24.4 Å². The number of carboxylic acids is 1. The third kappa shape index (κ3) is 2.10. The number of nitrogens with zero attached hydrogens (tertiary/aromatic N) is 2. The maximum absolute atomic E-state index is 15.2. The van der Waals surface area contributed by atoms with E-state index in [0.29, 0.717) is 28.4 Å². The molecule has 0 atom stereocenters. The maximum Gasteiger partial charge on any atom is 1.00 e. The molecule has 0 bridgehead atoms. The molecule has 0 aliphatic carbocycles. The average Bonchev–Trinajstić information content (AvgIpc) is 2.88. The number of allylic oxidation sites excluding steroid dienone is 3. The van der Waals surface area contributed by atoms with E-state index in [-0.39, 0.29) is 14.3 Å². The van der Waals surface area contributed by atoms with Crippen LogP contribution in [0.25, 0.3) is 5.57 Å². The fourth-order valence-electron chi connectivity index (χ4n) is 3.89. The number of rotatable bonds is 3. The quantitative estimate of drug-likeness (QED) is 0.801. The van der Waals surface area contributed by atoms with Gasteiger partial charge in [-0.1, -0.05) is 0 Å². The van der Waals surface area contributed by atoms with Crippen molar-refractivity contribution in [3.8, 4) is 0 Å². The largest absolute Gasteiger partial charge is 1.00 e. The van der Waals surface area contributed by atoms with E-state index in [1.165, 1.54) is 0 Å². The van der Waals surface area contributed by atoms with Crippen LogP contribution in [0.3, 0.4) is 0 Å². The van der Waals surface area contributed by atoms with Crippen LogP contribution in [-0.4, -0.2) is 27.6 Å². The van der Waals surface area contributed by atoms with Crippen molar-refractivity contribution in [2.24, 2.45) is 0 Å². The first-order chi connectivity index (χ1) is 10.7. The predicted octanol–water partition coefficient (Wildman–Crippen LogP) is 2.13. The molecule has 0 radical (unpaired) electrons. The third-order valence-electron chi connectivity index (χ3n) is 4.61. The van der Waals surface area contributed by atoms with Gasteiger partial charge in [-0.2, -0.15) is 0 Å². The van der Waals surface area contributed by atoms with Gasteiger partial charge in [0.1, 0.15) is 5.71 Å². The molecule has 0 N–H and O–H groups in total. The molecule has 7 heteroatoms. The monoisotopic (exact) mass is 320 g/mol. The second-order valence-electron chi connectivity index (χ2n) is 6.31. The summed E-state index contributed by atoms with van der Waals surface area (Å²) >= 11 is 0. The van der Waals surface area contributed by atoms with Gasteiger partial charge in [-0.3, -0.25) is 0 Å². The molecule has 3 heterocycles. The molecule has 0 spiro atoms. The molecule has 0 amide bonds. The highest BCUT2D eigenvalue weighted by molar-refractivity contribution is 6.58. The number of fused-ring (bicyclic) bond motifs is 2. The summed E-state index contributed by atoms with van der Waals surface area (Å²) in [5.41, 5.74) is 3.97. The van der Waals surface area contributed by atoms with Gasteiger partial charge in [0.05, 0.1) is 0 Å². The van der Waals surface area contributed by atoms with Crippen molar-refractivity contribution in [1.29, 1.82) is 0 Å². The molecule has 0 aromatic carbocycles. The van der Waals surface area contributed by atoms with E-state index in [2.05, 4.69) is 0 Å². The highest BCUT2D eigenvalue weighted by Crippen LogP contribution is 2.42. The summed E-state index contributed by atoms with van der Waals surface area (Å²) in [5, 5.41) is 10.9. The zero-order valence-corrected chi connectivity index (χ0v) is 13.6. The Kier molecular flexibility index (Phi) is 3.35. The van der Waals surface area contributed by atoms with Crippen molar-refractivity contribution >= 4 is 24.2 Å². The van der Waals surface area contributed by atoms with Gasteiger partial charge in [0.15, 0.2) is 5.70 Å². The molecule has 2 aliphatic heterocycles. The summed E-state index contributed by atoms with van der Waals surface area (Å²) in [7, 11) is 0. The first-order valence-corrected chi connectivity index (χ1v) is 7.62. The zero-order valence-electron chi connectivity index (χ0n) is 14.6.